The summed E-state index contributed by atoms with van der Waals surface area (Å²) in [6.07, 6.45) is 1.36. The van der Waals surface area contributed by atoms with Crippen molar-refractivity contribution < 1.29 is 14.0 Å². The fourth-order valence-corrected chi connectivity index (χ4v) is 1.06. The van der Waals surface area contributed by atoms with Gasteiger partial charge >= 0.3 is 0 Å². The zero-order valence-corrected chi connectivity index (χ0v) is 6.57. The molecule has 2 rings (SSSR count). The standard InChI is InChI=1S/C9H6FNO2/c10-6-1-2-9(12)7(5-6)8-3-4-13-11-8/h1-5,12H. The van der Waals surface area contributed by atoms with Crippen LogP contribution in [-0.4, -0.2) is 10.3 Å². The zero-order chi connectivity index (χ0) is 9.26. The molecule has 0 radical (unpaired) electrons. The first kappa shape index (κ1) is 7.79. The zero-order valence-electron chi connectivity index (χ0n) is 6.57. The highest BCUT2D eigenvalue weighted by atomic mass is 19.1. The monoisotopic (exact) mass is 179 g/mol. The van der Waals surface area contributed by atoms with Crippen molar-refractivity contribution >= 4 is 0 Å². The Hall–Kier alpha value is -1.84. The summed E-state index contributed by atoms with van der Waals surface area (Å²) in [5.74, 6) is -0.439. The van der Waals surface area contributed by atoms with Gasteiger partial charge in [0.05, 0.1) is 0 Å². The molecule has 2 aromatic rings. The van der Waals surface area contributed by atoms with Crippen LogP contribution in [0.2, 0.25) is 0 Å². The molecule has 1 aromatic heterocycles. The van der Waals surface area contributed by atoms with Gasteiger partial charge in [0.1, 0.15) is 23.5 Å². The van der Waals surface area contributed by atoms with Gasteiger partial charge in [-0.05, 0) is 18.2 Å². The van der Waals surface area contributed by atoms with E-state index in [1.807, 2.05) is 0 Å². The van der Waals surface area contributed by atoms with Crippen LogP contribution in [0.1, 0.15) is 0 Å². The number of hydrogen-bond acceptors (Lipinski definition) is 3. The molecular formula is C9H6FNO2. The highest BCUT2D eigenvalue weighted by Crippen LogP contribution is 2.27. The van der Waals surface area contributed by atoms with Crippen molar-refractivity contribution in [3.05, 3.63) is 36.3 Å². The number of hydrogen-bond donors (Lipinski definition) is 1. The van der Waals surface area contributed by atoms with Crippen LogP contribution in [0.4, 0.5) is 4.39 Å². The van der Waals surface area contributed by atoms with Gasteiger partial charge < -0.3 is 9.63 Å². The van der Waals surface area contributed by atoms with E-state index in [2.05, 4.69) is 9.68 Å². The number of rotatable bonds is 1. The van der Waals surface area contributed by atoms with E-state index in [4.69, 9.17) is 0 Å². The number of phenols is 1. The molecule has 0 bridgehead atoms. The predicted octanol–water partition coefficient (Wildman–Crippen LogP) is 2.19. The van der Waals surface area contributed by atoms with Crippen LogP contribution in [0.3, 0.4) is 0 Å². The minimum Gasteiger partial charge on any atom is -0.507 e. The maximum absolute atomic E-state index is 12.8. The van der Waals surface area contributed by atoms with Crippen molar-refractivity contribution in [1.29, 1.82) is 0 Å². The van der Waals surface area contributed by atoms with Crippen LogP contribution in [0.5, 0.6) is 5.75 Å². The molecule has 1 N–H and O–H groups in total. The van der Waals surface area contributed by atoms with Crippen LogP contribution in [-0.2, 0) is 0 Å². The van der Waals surface area contributed by atoms with Crippen LogP contribution in [0, 0.1) is 5.82 Å². The topological polar surface area (TPSA) is 46.3 Å². The second-order valence-corrected chi connectivity index (χ2v) is 2.55. The van der Waals surface area contributed by atoms with E-state index in [1.54, 1.807) is 6.07 Å². The molecule has 1 heterocycles. The molecule has 0 unspecified atom stereocenters. The van der Waals surface area contributed by atoms with E-state index in [0.717, 1.165) is 0 Å². The molecule has 4 heteroatoms. The molecule has 0 aliphatic heterocycles. The summed E-state index contributed by atoms with van der Waals surface area (Å²) in [7, 11) is 0. The number of aromatic hydroxyl groups is 1. The van der Waals surface area contributed by atoms with Gasteiger partial charge in [-0.15, -0.1) is 0 Å². The second-order valence-electron chi connectivity index (χ2n) is 2.55. The van der Waals surface area contributed by atoms with Gasteiger partial charge in [0.2, 0.25) is 0 Å². The van der Waals surface area contributed by atoms with Gasteiger partial charge in [0.15, 0.2) is 0 Å². The van der Waals surface area contributed by atoms with Crippen LogP contribution in [0.15, 0.2) is 35.1 Å². The Labute approximate surface area is 73.4 Å². The summed E-state index contributed by atoms with van der Waals surface area (Å²) in [5, 5.41) is 12.9. The SMILES string of the molecule is Oc1ccc(F)cc1-c1ccon1. The van der Waals surface area contributed by atoms with Crippen LogP contribution >= 0.6 is 0 Å². The van der Waals surface area contributed by atoms with Crippen molar-refractivity contribution in [3.63, 3.8) is 0 Å². The van der Waals surface area contributed by atoms with Gasteiger partial charge in [0, 0.05) is 11.6 Å². The lowest BCUT2D eigenvalue weighted by molar-refractivity contribution is 0.421. The maximum atomic E-state index is 12.8. The Balaban J connectivity index is 2.57. The summed E-state index contributed by atoms with van der Waals surface area (Å²) < 4.78 is 17.3. The Kier molecular flexibility index (Phi) is 1.73. The molecule has 1 aromatic carbocycles. The van der Waals surface area contributed by atoms with E-state index < -0.39 is 5.82 Å². The van der Waals surface area contributed by atoms with E-state index in [0.29, 0.717) is 11.3 Å². The van der Waals surface area contributed by atoms with Crippen molar-refractivity contribution in [2.24, 2.45) is 0 Å². The predicted molar refractivity (Wildman–Crippen MR) is 43.6 cm³/mol. The first-order valence-corrected chi connectivity index (χ1v) is 3.66. The van der Waals surface area contributed by atoms with Crippen LogP contribution < -0.4 is 0 Å². The summed E-state index contributed by atoms with van der Waals surface area (Å²) in [6.45, 7) is 0. The minimum absolute atomic E-state index is 0.0182. The third-order valence-electron chi connectivity index (χ3n) is 1.67. The molecule has 0 aliphatic rings. The number of nitrogens with zero attached hydrogens (tertiary/aromatic N) is 1. The number of benzene rings is 1. The Morgan fingerprint density at radius 1 is 1.31 bits per heavy atom. The second kappa shape index (κ2) is 2.90. The summed E-state index contributed by atoms with van der Waals surface area (Å²) in [5.41, 5.74) is 0.741. The van der Waals surface area contributed by atoms with E-state index >= 15 is 0 Å². The first-order valence-electron chi connectivity index (χ1n) is 3.66. The molecule has 0 atom stereocenters. The largest absolute Gasteiger partial charge is 0.507 e. The summed E-state index contributed by atoms with van der Waals surface area (Å²) in [4.78, 5) is 0. The van der Waals surface area contributed by atoms with Gasteiger partial charge in [-0.25, -0.2) is 4.39 Å². The highest BCUT2D eigenvalue weighted by molar-refractivity contribution is 5.65. The normalized spacial score (nSPS) is 10.2. The van der Waals surface area contributed by atoms with Crippen molar-refractivity contribution in [2.75, 3.05) is 0 Å². The van der Waals surface area contributed by atoms with Gasteiger partial charge in [0.25, 0.3) is 0 Å². The fraction of sp³-hybridized carbons (Fsp3) is 0. The Morgan fingerprint density at radius 2 is 2.15 bits per heavy atom. The lowest BCUT2D eigenvalue weighted by Crippen LogP contribution is -1.80. The van der Waals surface area contributed by atoms with Gasteiger partial charge in [-0.1, -0.05) is 5.16 Å². The van der Waals surface area contributed by atoms with Gasteiger partial charge in [-0.3, -0.25) is 0 Å². The van der Waals surface area contributed by atoms with Crippen molar-refractivity contribution in [1.82, 2.24) is 5.16 Å². The van der Waals surface area contributed by atoms with Crippen molar-refractivity contribution in [2.45, 2.75) is 0 Å². The molecule has 3 nitrogen and oxygen atoms in total. The molecule has 66 valence electrons. The molecule has 0 saturated heterocycles. The summed E-state index contributed by atoms with van der Waals surface area (Å²) in [6, 6.07) is 5.21. The van der Waals surface area contributed by atoms with Crippen LogP contribution in [0.25, 0.3) is 11.3 Å². The highest BCUT2D eigenvalue weighted by Gasteiger charge is 2.07. The molecule has 13 heavy (non-hydrogen) atoms. The molecule has 0 aliphatic carbocycles. The fourth-order valence-electron chi connectivity index (χ4n) is 1.06. The smallest absolute Gasteiger partial charge is 0.125 e. The van der Waals surface area contributed by atoms with E-state index in [-0.39, 0.29) is 5.75 Å². The lowest BCUT2D eigenvalue weighted by atomic mass is 10.1. The van der Waals surface area contributed by atoms with E-state index in [9.17, 15) is 9.50 Å². The quantitative estimate of drug-likeness (QED) is 0.729. The third-order valence-corrected chi connectivity index (χ3v) is 1.67. The van der Waals surface area contributed by atoms with E-state index in [1.165, 1.54) is 24.5 Å². The molecule has 0 saturated carbocycles. The van der Waals surface area contributed by atoms with Gasteiger partial charge in [-0.2, -0.15) is 0 Å². The number of phenolic OH excluding ortho intramolecular Hbond substituents is 1. The summed E-state index contributed by atoms with van der Waals surface area (Å²) >= 11 is 0. The first-order chi connectivity index (χ1) is 6.27. The minimum atomic E-state index is -0.421. The molecule has 0 spiro atoms. The molecule has 0 fully saturated rings. The maximum Gasteiger partial charge on any atom is 0.125 e. The number of halogens is 1. The Morgan fingerprint density at radius 3 is 2.85 bits per heavy atom. The number of aromatic nitrogens is 1. The average Bonchev–Trinajstić information content (AvgIpc) is 2.61. The third kappa shape index (κ3) is 1.38. The average molecular weight is 179 g/mol. The molecule has 0 amide bonds. The van der Waals surface area contributed by atoms with Crippen molar-refractivity contribution in [3.8, 4) is 17.0 Å². The molecular weight excluding hydrogens is 173 g/mol. The lowest BCUT2D eigenvalue weighted by Gasteiger charge is -1.99. The Bertz CT molecular complexity index is 412.